The summed E-state index contributed by atoms with van der Waals surface area (Å²) in [7, 11) is 0. The minimum Gasteiger partial charge on any atom is -0.475 e. The van der Waals surface area contributed by atoms with Crippen molar-refractivity contribution in [3.05, 3.63) is 34.6 Å². The molecule has 234 valence electrons. The molecule has 1 aliphatic carbocycles. The van der Waals surface area contributed by atoms with Crippen LogP contribution in [0.15, 0.2) is 18.2 Å². The van der Waals surface area contributed by atoms with E-state index in [1.165, 1.54) is 5.57 Å². The number of halogens is 2. The van der Waals surface area contributed by atoms with Gasteiger partial charge in [-0.3, -0.25) is 10.00 Å². The molecule has 13 heteroatoms. The third-order valence-corrected chi connectivity index (χ3v) is 10.4. The quantitative estimate of drug-likeness (QED) is 0.291. The Morgan fingerprint density at radius 1 is 1.18 bits per heavy atom. The van der Waals surface area contributed by atoms with Gasteiger partial charge in [0.15, 0.2) is 11.6 Å². The summed E-state index contributed by atoms with van der Waals surface area (Å²) >= 11 is 6.84. The van der Waals surface area contributed by atoms with E-state index in [4.69, 9.17) is 46.5 Å². The number of aromatic amines is 1. The van der Waals surface area contributed by atoms with Gasteiger partial charge in [0.25, 0.3) is 0 Å². The van der Waals surface area contributed by atoms with Crippen LogP contribution in [0.25, 0.3) is 33.1 Å². The van der Waals surface area contributed by atoms with Gasteiger partial charge in [-0.1, -0.05) is 23.8 Å². The van der Waals surface area contributed by atoms with E-state index in [-0.39, 0.29) is 46.4 Å². The Balaban J connectivity index is 1.25. The maximum absolute atomic E-state index is 17.2. The van der Waals surface area contributed by atoms with Crippen molar-refractivity contribution in [3.8, 4) is 23.1 Å². The highest BCUT2D eigenvalue weighted by Gasteiger charge is 2.47. The van der Waals surface area contributed by atoms with Crippen molar-refractivity contribution >= 4 is 45.0 Å². The van der Waals surface area contributed by atoms with E-state index in [0.29, 0.717) is 65.7 Å². The summed E-state index contributed by atoms with van der Waals surface area (Å²) in [6.07, 6.45) is 5.68. The first-order valence-electron chi connectivity index (χ1n) is 15.8. The predicted molar refractivity (Wildman–Crippen MR) is 169 cm³/mol. The maximum atomic E-state index is 17.2. The van der Waals surface area contributed by atoms with Gasteiger partial charge >= 0.3 is 6.01 Å². The zero-order valence-corrected chi connectivity index (χ0v) is 25.6. The fraction of sp³-hybridized carbons (Fsp3) is 0.500. The monoisotopic (exact) mass is 632 g/mol. The van der Waals surface area contributed by atoms with Gasteiger partial charge in [-0.15, -0.1) is 0 Å². The molecule has 3 saturated heterocycles. The Hall–Kier alpha value is -3.74. The van der Waals surface area contributed by atoms with E-state index in [9.17, 15) is 0 Å². The molecule has 2 atom stereocenters. The van der Waals surface area contributed by atoms with Crippen LogP contribution in [0.5, 0.6) is 11.9 Å². The lowest BCUT2D eigenvalue weighted by Crippen LogP contribution is -2.43. The van der Waals surface area contributed by atoms with Crippen molar-refractivity contribution in [2.75, 3.05) is 56.7 Å². The molecule has 5 aliphatic rings. The fourth-order valence-corrected chi connectivity index (χ4v) is 8.28. The number of benzene rings is 1. The molecular weight excluding hydrogens is 599 g/mol. The molecule has 1 aromatic carbocycles. The lowest BCUT2D eigenvalue weighted by atomic mass is 9.94. The number of nitrogens with zero attached hydrogens (tertiary/aromatic N) is 6. The molecule has 0 radical (unpaired) electrons. The van der Waals surface area contributed by atoms with E-state index in [2.05, 4.69) is 26.6 Å². The van der Waals surface area contributed by atoms with Crippen LogP contribution < -0.4 is 20.1 Å². The van der Waals surface area contributed by atoms with Crippen LogP contribution in [-0.2, 0) is 4.74 Å². The third-order valence-electron chi connectivity index (χ3n) is 10.1. The standard InChI is InChI=1S/C32H34ClFN8O3/c1-16-11-32(6-2-7-41(32)12-16)15-45-31-37-27-24-29(38-31)42-8-3-9-43-13-18(42)14-44-30(24)36-26(25(27)34)23-21(17-4-5-17)19(33)10-20-22(23)28(35)40-39-20/h10,17-18H,1-9,11-15H2,(H3,35,39,40)/t18-,32-/m0/s1. The molecule has 0 unspecified atom stereocenters. The summed E-state index contributed by atoms with van der Waals surface area (Å²) < 4.78 is 35.9. The average Bonchev–Trinajstić information content (AvgIpc) is 3.69. The number of anilines is 2. The number of hydrogen-bond donors (Lipinski definition) is 2. The second-order valence-electron chi connectivity index (χ2n) is 13.1. The predicted octanol–water partition coefficient (Wildman–Crippen LogP) is 4.98. The normalized spacial score (nSPS) is 24.9. The molecule has 1 saturated carbocycles. The van der Waals surface area contributed by atoms with E-state index in [1.54, 1.807) is 6.07 Å². The van der Waals surface area contributed by atoms with Crippen molar-refractivity contribution < 1.29 is 18.6 Å². The zero-order chi connectivity index (χ0) is 30.4. The summed E-state index contributed by atoms with van der Waals surface area (Å²) in [5.74, 6) is 0.641. The van der Waals surface area contributed by atoms with E-state index in [0.717, 1.165) is 57.2 Å². The molecule has 11 nitrogen and oxygen atoms in total. The van der Waals surface area contributed by atoms with Crippen molar-refractivity contribution in [3.63, 3.8) is 0 Å². The average molecular weight is 633 g/mol. The molecule has 0 amide bonds. The van der Waals surface area contributed by atoms with Crippen LogP contribution in [-0.4, -0.2) is 87.7 Å². The first-order chi connectivity index (χ1) is 21.9. The highest BCUT2D eigenvalue weighted by atomic mass is 35.5. The van der Waals surface area contributed by atoms with Gasteiger partial charge in [-0.2, -0.15) is 15.1 Å². The second kappa shape index (κ2) is 10.1. The van der Waals surface area contributed by atoms with Gasteiger partial charge in [0.2, 0.25) is 5.88 Å². The molecule has 3 N–H and O–H groups in total. The summed E-state index contributed by atoms with van der Waals surface area (Å²) in [5, 5.41) is 8.69. The number of nitrogen functional groups attached to an aromatic ring is 1. The first kappa shape index (κ1) is 27.6. The number of ether oxygens (including phenoxy) is 3. The number of hydrogen-bond acceptors (Lipinski definition) is 10. The molecule has 9 rings (SSSR count). The van der Waals surface area contributed by atoms with E-state index < -0.39 is 5.82 Å². The number of rotatable bonds is 5. The molecule has 4 aliphatic heterocycles. The lowest BCUT2D eigenvalue weighted by Gasteiger charge is -2.31. The minimum atomic E-state index is -0.601. The van der Waals surface area contributed by atoms with Crippen molar-refractivity contribution in [2.45, 2.75) is 56.0 Å². The number of nitrogens with one attached hydrogen (secondary N) is 1. The Bertz CT molecular complexity index is 1900. The first-order valence-corrected chi connectivity index (χ1v) is 16.2. The third kappa shape index (κ3) is 4.29. The Labute approximate surface area is 263 Å². The van der Waals surface area contributed by atoms with Gasteiger partial charge in [0.05, 0.1) is 29.1 Å². The van der Waals surface area contributed by atoms with Crippen LogP contribution in [0.1, 0.15) is 50.0 Å². The van der Waals surface area contributed by atoms with Gasteiger partial charge in [-0.05, 0) is 62.6 Å². The number of fused-ring (bicyclic) bond motifs is 4. The molecule has 4 fully saturated rings. The van der Waals surface area contributed by atoms with Crippen molar-refractivity contribution in [1.82, 2.24) is 30.0 Å². The molecule has 4 aromatic rings. The van der Waals surface area contributed by atoms with Gasteiger partial charge in [0, 0.05) is 30.3 Å². The largest absolute Gasteiger partial charge is 0.475 e. The smallest absolute Gasteiger partial charge is 0.319 e. The van der Waals surface area contributed by atoms with Crippen LogP contribution in [0.4, 0.5) is 16.0 Å². The van der Waals surface area contributed by atoms with Crippen LogP contribution >= 0.6 is 11.6 Å². The second-order valence-corrected chi connectivity index (χ2v) is 13.5. The molecular formula is C32H34ClFN8O3. The molecule has 3 aromatic heterocycles. The summed E-state index contributed by atoms with van der Waals surface area (Å²) in [5.41, 5.74) is 9.58. The van der Waals surface area contributed by atoms with Crippen LogP contribution in [0.3, 0.4) is 0 Å². The number of nitrogens with two attached hydrogens (primary N) is 1. The summed E-state index contributed by atoms with van der Waals surface area (Å²) in [4.78, 5) is 19.1. The van der Waals surface area contributed by atoms with Gasteiger partial charge in [0.1, 0.15) is 35.6 Å². The van der Waals surface area contributed by atoms with E-state index >= 15 is 4.39 Å². The minimum absolute atomic E-state index is 0.0802. The van der Waals surface area contributed by atoms with Crippen LogP contribution in [0, 0.1) is 5.82 Å². The summed E-state index contributed by atoms with van der Waals surface area (Å²) in [6.45, 7) is 8.60. The maximum Gasteiger partial charge on any atom is 0.319 e. The van der Waals surface area contributed by atoms with Gasteiger partial charge in [-0.25, -0.2) is 9.37 Å². The molecule has 0 bridgehead atoms. The van der Waals surface area contributed by atoms with Crippen molar-refractivity contribution in [2.24, 2.45) is 0 Å². The van der Waals surface area contributed by atoms with Gasteiger partial charge < -0.3 is 24.8 Å². The van der Waals surface area contributed by atoms with Crippen molar-refractivity contribution in [1.29, 1.82) is 0 Å². The Morgan fingerprint density at radius 3 is 2.93 bits per heavy atom. The number of pyridine rings is 1. The zero-order valence-electron chi connectivity index (χ0n) is 24.9. The van der Waals surface area contributed by atoms with Crippen LogP contribution in [0.2, 0.25) is 5.02 Å². The number of aromatic nitrogens is 5. The molecule has 45 heavy (non-hydrogen) atoms. The fourth-order valence-electron chi connectivity index (χ4n) is 7.93. The molecule has 7 heterocycles. The highest BCUT2D eigenvalue weighted by molar-refractivity contribution is 6.33. The summed E-state index contributed by atoms with van der Waals surface area (Å²) in [6, 6.07) is 1.80. The lowest BCUT2D eigenvalue weighted by molar-refractivity contribution is 0.108. The Kier molecular flexibility index (Phi) is 6.21. The SMILES string of the molecule is C=C1CN2CCC[C@@]2(COc2nc3c4c(nc(-c5c(C6CC6)c(Cl)cc6[nH]nc(N)c56)c(F)c4n2)OC[C@@H]2COCCCN32)C1. The topological polar surface area (TPSA) is 128 Å². The Morgan fingerprint density at radius 2 is 2.07 bits per heavy atom. The molecule has 0 spiro atoms. The number of H-pyrrole nitrogens is 1. The highest BCUT2D eigenvalue weighted by Crippen LogP contribution is 2.52. The van der Waals surface area contributed by atoms with E-state index in [1.807, 2.05) is 0 Å².